The zero-order chi connectivity index (χ0) is 13.9. The van der Waals surface area contributed by atoms with Crippen LogP contribution in [0.2, 0.25) is 0 Å². The van der Waals surface area contributed by atoms with Crippen LogP contribution < -0.4 is 10.9 Å². The van der Waals surface area contributed by atoms with Crippen molar-refractivity contribution in [1.29, 1.82) is 0 Å². The molecule has 6 heteroatoms. The third-order valence-corrected chi connectivity index (χ3v) is 2.49. The highest BCUT2D eigenvalue weighted by atomic mass is 16.5. The Hall–Kier alpha value is -1.24. The van der Waals surface area contributed by atoms with Gasteiger partial charge in [-0.25, -0.2) is 4.98 Å². The summed E-state index contributed by atoms with van der Waals surface area (Å²) >= 11 is 0. The number of methoxy groups -OCH3 is 1. The van der Waals surface area contributed by atoms with Gasteiger partial charge in [-0.1, -0.05) is 6.92 Å². The molecule has 0 aromatic carbocycles. The molecule has 0 aliphatic heterocycles. The molecule has 2 N–H and O–H groups in total. The summed E-state index contributed by atoms with van der Waals surface area (Å²) in [5.41, 5.74) is 0.652. The van der Waals surface area contributed by atoms with Crippen molar-refractivity contribution in [1.82, 2.24) is 15.3 Å². The lowest BCUT2D eigenvalue weighted by Gasteiger charge is -2.06. The molecule has 1 aromatic rings. The normalized spacial score (nSPS) is 10.8. The smallest absolute Gasteiger partial charge is 0.251 e. The summed E-state index contributed by atoms with van der Waals surface area (Å²) in [5, 5.41) is 3.23. The number of rotatable bonds is 10. The second kappa shape index (κ2) is 9.66. The molecular formula is C13H23N3O3. The van der Waals surface area contributed by atoms with Crippen molar-refractivity contribution in [3.05, 3.63) is 27.9 Å². The van der Waals surface area contributed by atoms with Crippen molar-refractivity contribution in [2.75, 3.05) is 33.5 Å². The number of hydrogen-bond acceptors (Lipinski definition) is 5. The second-order valence-electron chi connectivity index (χ2n) is 4.22. The fraction of sp³-hybridized carbons (Fsp3) is 0.692. The molecule has 0 amide bonds. The van der Waals surface area contributed by atoms with E-state index in [2.05, 4.69) is 22.2 Å². The summed E-state index contributed by atoms with van der Waals surface area (Å²) in [7, 11) is 1.63. The third-order valence-electron chi connectivity index (χ3n) is 2.49. The Bertz CT molecular complexity index is 406. The van der Waals surface area contributed by atoms with Crippen molar-refractivity contribution < 1.29 is 9.47 Å². The van der Waals surface area contributed by atoms with E-state index in [0.717, 1.165) is 18.7 Å². The maximum absolute atomic E-state index is 11.5. The molecule has 6 nitrogen and oxygen atoms in total. The second-order valence-corrected chi connectivity index (χ2v) is 4.22. The van der Waals surface area contributed by atoms with Gasteiger partial charge in [-0.05, 0) is 13.0 Å². The molecule has 1 heterocycles. The number of aromatic amines is 1. The SMILES string of the molecule is CCCNCc1cc(=O)[nH]c(CCOCCOC)n1. The Kier molecular flexibility index (Phi) is 8.04. The predicted octanol–water partition coefficient (Wildman–Crippen LogP) is 0.475. The number of aromatic nitrogens is 2. The average Bonchev–Trinajstić information content (AvgIpc) is 2.38. The lowest BCUT2D eigenvalue weighted by atomic mass is 10.3. The van der Waals surface area contributed by atoms with Gasteiger partial charge >= 0.3 is 0 Å². The van der Waals surface area contributed by atoms with Crippen molar-refractivity contribution in [2.24, 2.45) is 0 Å². The summed E-state index contributed by atoms with van der Waals surface area (Å²) in [6.07, 6.45) is 1.66. The summed E-state index contributed by atoms with van der Waals surface area (Å²) < 4.78 is 10.2. The van der Waals surface area contributed by atoms with E-state index in [1.807, 2.05) is 0 Å². The Morgan fingerprint density at radius 1 is 1.37 bits per heavy atom. The van der Waals surface area contributed by atoms with Crippen LogP contribution in [0.25, 0.3) is 0 Å². The number of nitrogens with zero attached hydrogens (tertiary/aromatic N) is 1. The van der Waals surface area contributed by atoms with Crippen molar-refractivity contribution >= 4 is 0 Å². The monoisotopic (exact) mass is 269 g/mol. The summed E-state index contributed by atoms with van der Waals surface area (Å²) in [4.78, 5) is 18.6. The molecule has 0 saturated heterocycles. The molecule has 0 aliphatic carbocycles. The lowest BCUT2D eigenvalue weighted by molar-refractivity contribution is 0.0716. The van der Waals surface area contributed by atoms with Crippen molar-refractivity contribution in [3.8, 4) is 0 Å². The minimum Gasteiger partial charge on any atom is -0.382 e. The quantitative estimate of drug-likeness (QED) is 0.604. The standard InChI is InChI=1S/C13H23N3O3/c1-3-5-14-10-11-9-13(17)16-12(15-11)4-6-19-8-7-18-2/h9,14H,3-8,10H2,1-2H3,(H,15,16,17). The van der Waals surface area contributed by atoms with Gasteiger partial charge in [-0.15, -0.1) is 0 Å². The van der Waals surface area contributed by atoms with Crippen LogP contribution in [0.4, 0.5) is 0 Å². The van der Waals surface area contributed by atoms with E-state index in [-0.39, 0.29) is 5.56 Å². The molecule has 0 bridgehead atoms. The number of H-pyrrole nitrogens is 1. The zero-order valence-corrected chi connectivity index (χ0v) is 11.7. The van der Waals surface area contributed by atoms with Crippen LogP contribution >= 0.6 is 0 Å². The van der Waals surface area contributed by atoms with Gasteiger partial charge in [0.25, 0.3) is 5.56 Å². The Morgan fingerprint density at radius 2 is 2.21 bits per heavy atom. The topological polar surface area (TPSA) is 76.2 Å². The molecule has 0 spiro atoms. The minimum absolute atomic E-state index is 0.116. The summed E-state index contributed by atoms with van der Waals surface area (Å²) in [5.74, 6) is 0.665. The summed E-state index contributed by atoms with van der Waals surface area (Å²) in [6.45, 7) is 5.29. The Morgan fingerprint density at radius 3 is 2.95 bits per heavy atom. The molecule has 1 aromatic heterocycles. The first kappa shape index (κ1) is 15.8. The highest BCUT2D eigenvalue weighted by molar-refractivity contribution is 5.02. The fourth-order valence-corrected chi connectivity index (χ4v) is 1.58. The first-order valence-corrected chi connectivity index (χ1v) is 6.62. The fourth-order valence-electron chi connectivity index (χ4n) is 1.58. The average molecular weight is 269 g/mol. The van der Waals surface area contributed by atoms with Crippen molar-refractivity contribution in [2.45, 2.75) is 26.3 Å². The number of hydrogen-bond donors (Lipinski definition) is 2. The number of ether oxygens (including phenoxy) is 2. The zero-order valence-electron chi connectivity index (χ0n) is 11.7. The molecule has 19 heavy (non-hydrogen) atoms. The van der Waals surface area contributed by atoms with Crippen LogP contribution in [0.1, 0.15) is 24.9 Å². The van der Waals surface area contributed by atoms with E-state index in [9.17, 15) is 4.79 Å². The van der Waals surface area contributed by atoms with E-state index in [1.54, 1.807) is 7.11 Å². The Balaban J connectivity index is 2.42. The van der Waals surface area contributed by atoms with Gasteiger partial charge in [0, 0.05) is 26.1 Å². The van der Waals surface area contributed by atoms with Gasteiger partial charge in [0.15, 0.2) is 0 Å². The minimum atomic E-state index is -0.116. The number of nitrogens with one attached hydrogen (secondary N) is 2. The van der Waals surface area contributed by atoms with Crippen LogP contribution in [-0.4, -0.2) is 43.4 Å². The van der Waals surface area contributed by atoms with E-state index in [1.165, 1.54) is 6.07 Å². The highest BCUT2D eigenvalue weighted by Crippen LogP contribution is 1.94. The van der Waals surface area contributed by atoms with E-state index >= 15 is 0 Å². The van der Waals surface area contributed by atoms with E-state index in [4.69, 9.17) is 9.47 Å². The summed E-state index contributed by atoms with van der Waals surface area (Å²) in [6, 6.07) is 1.53. The van der Waals surface area contributed by atoms with E-state index < -0.39 is 0 Å². The van der Waals surface area contributed by atoms with Crippen LogP contribution in [0.3, 0.4) is 0 Å². The van der Waals surface area contributed by atoms with E-state index in [0.29, 0.717) is 38.6 Å². The van der Waals surface area contributed by atoms with Gasteiger partial charge in [-0.2, -0.15) is 0 Å². The van der Waals surface area contributed by atoms with Crippen LogP contribution in [0.5, 0.6) is 0 Å². The van der Waals surface area contributed by atoms with Crippen molar-refractivity contribution in [3.63, 3.8) is 0 Å². The molecule has 0 radical (unpaired) electrons. The lowest BCUT2D eigenvalue weighted by Crippen LogP contribution is -2.20. The van der Waals surface area contributed by atoms with Crippen LogP contribution in [0.15, 0.2) is 10.9 Å². The molecule has 0 atom stereocenters. The van der Waals surface area contributed by atoms with Gasteiger partial charge in [0.05, 0.1) is 25.5 Å². The molecule has 108 valence electrons. The molecule has 1 rings (SSSR count). The first-order chi connectivity index (χ1) is 9.26. The van der Waals surface area contributed by atoms with Crippen LogP contribution in [0, 0.1) is 0 Å². The Labute approximate surface area is 113 Å². The van der Waals surface area contributed by atoms with Crippen LogP contribution in [-0.2, 0) is 22.4 Å². The first-order valence-electron chi connectivity index (χ1n) is 6.62. The molecule has 0 aliphatic rings. The van der Waals surface area contributed by atoms with Gasteiger partial charge in [0.1, 0.15) is 5.82 Å². The molecule has 0 unspecified atom stereocenters. The van der Waals surface area contributed by atoms with Gasteiger partial charge in [-0.3, -0.25) is 4.79 Å². The maximum Gasteiger partial charge on any atom is 0.251 e. The highest BCUT2D eigenvalue weighted by Gasteiger charge is 2.01. The predicted molar refractivity (Wildman–Crippen MR) is 73.3 cm³/mol. The molecule has 0 fully saturated rings. The third kappa shape index (κ3) is 7.05. The largest absolute Gasteiger partial charge is 0.382 e. The maximum atomic E-state index is 11.5. The van der Waals surface area contributed by atoms with Gasteiger partial charge in [0.2, 0.25) is 0 Å². The van der Waals surface area contributed by atoms with Gasteiger partial charge < -0.3 is 19.8 Å². The molecular weight excluding hydrogens is 246 g/mol. The molecule has 0 saturated carbocycles.